The third-order valence-corrected chi connectivity index (χ3v) is 5.16. The summed E-state index contributed by atoms with van der Waals surface area (Å²) in [6.45, 7) is 2.33. The summed E-state index contributed by atoms with van der Waals surface area (Å²) >= 11 is 0. The SMILES string of the molecule is O=C(CN1CCC(Nc2ccccc2CO)CC1)Nc1ccc2c(c1)OCO2. The average Bonchev–Trinajstić information content (AvgIpc) is 3.18. The second-order valence-corrected chi connectivity index (χ2v) is 7.13. The van der Waals surface area contributed by atoms with Gasteiger partial charge in [-0.3, -0.25) is 9.69 Å². The maximum atomic E-state index is 12.4. The van der Waals surface area contributed by atoms with Crippen molar-refractivity contribution in [2.24, 2.45) is 0 Å². The van der Waals surface area contributed by atoms with Crippen LogP contribution in [0.2, 0.25) is 0 Å². The van der Waals surface area contributed by atoms with Crippen LogP contribution in [0.4, 0.5) is 11.4 Å². The molecule has 3 N–H and O–H groups in total. The molecule has 0 aliphatic carbocycles. The average molecular weight is 383 g/mol. The van der Waals surface area contributed by atoms with Crippen LogP contribution >= 0.6 is 0 Å². The molecule has 2 aromatic rings. The zero-order valence-corrected chi connectivity index (χ0v) is 15.7. The van der Waals surface area contributed by atoms with Gasteiger partial charge in [-0.05, 0) is 31.0 Å². The highest BCUT2D eigenvalue weighted by atomic mass is 16.7. The second-order valence-electron chi connectivity index (χ2n) is 7.13. The van der Waals surface area contributed by atoms with E-state index < -0.39 is 0 Å². The Hall–Kier alpha value is -2.77. The van der Waals surface area contributed by atoms with E-state index in [1.807, 2.05) is 30.3 Å². The predicted molar refractivity (Wildman–Crippen MR) is 107 cm³/mol. The molecule has 1 amide bonds. The van der Waals surface area contributed by atoms with E-state index in [-0.39, 0.29) is 19.3 Å². The molecule has 28 heavy (non-hydrogen) atoms. The summed E-state index contributed by atoms with van der Waals surface area (Å²) in [5.74, 6) is 1.33. The normalized spacial score (nSPS) is 16.8. The third-order valence-electron chi connectivity index (χ3n) is 5.16. The van der Waals surface area contributed by atoms with Gasteiger partial charge in [0.2, 0.25) is 12.7 Å². The Morgan fingerprint density at radius 2 is 1.89 bits per heavy atom. The van der Waals surface area contributed by atoms with E-state index in [1.165, 1.54) is 0 Å². The molecule has 148 valence electrons. The Bertz CT molecular complexity index is 834. The van der Waals surface area contributed by atoms with Gasteiger partial charge in [-0.25, -0.2) is 0 Å². The topological polar surface area (TPSA) is 83.1 Å². The summed E-state index contributed by atoms with van der Waals surface area (Å²) in [5, 5.41) is 15.9. The van der Waals surface area contributed by atoms with Crippen molar-refractivity contribution < 1.29 is 19.4 Å². The van der Waals surface area contributed by atoms with E-state index >= 15 is 0 Å². The van der Waals surface area contributed by atoms with Crippen LogP contribution in [0, 0.1) is 0 Å². The molecular weight excluding hydrogens is 358 g/mol. The predicted octanol–water partition coefficient (Wildman–Crippen LogP) is 2.42. The van der Waals surface area contributed by atoms with Gasteiger partial charge in [0.25, 0.3) is 0 Å². The summed E-state index contributed by atoms with van der Waals surface area (Å²) in [7, 11) is 0. The highest BCUT2D eigenvalue weighted by Gasteiger charge is 2.22. The number of nitrogens with one attached hydrogen (secondary N) is 2. The first-order valence-electron chi connectivity index (χ1n) is 9.58. The Kier molecular flexibility index (Phi) is 5.64. The maximum absolute atomic E-state index is 12.4. The molecule has 2 aliphatic heterocycles. The number of carbonyl (C=O) groups is 1. The van der Waals surface area contributed by atoms with Gasteiger partial charge in [0.05, 0.1) is 13.2 Å². The molecule has 7 heteroatoms. The van der Waals surface area contributed by atoms with Crippen LogP contribution in [-0.4, -0.2) is 48.4 Å². The molecule has 0 spiro atoms. The highest BCUT2D eigenvalue weighted by molar-refractivity contribution is 5.92. The number of anilines is 2. The zero-order chi connectivity index (χ0) is 19.3. The van der Waals surface area contributed by atoms with Gasteiger partial charge in [0, 0.05) is 42.1 Å². The van der Waals surface area contributed by atoms with Gasteiger partial charge in [0.15, 0.2) is 11.5 Å². The Morgan fingerprint density at radius 3 is 2.71 bits per heavy atom. The molecule has 1 saturated heterocycles. The molecule has 0 radical (unpaired) electrons. The number of ether oxygens (including phenoxy) is 2. The minimum absolute atomic E-state index is 0.0298. The number of carbonyl (C=O) groups excluding carboxylic acids is 1. The van der Waals surface area contributed by atoms with E-state index in [2.05, 4.69) is 15.5 Å². The first-order chi connectivity index (χ1) is 13.7. The fourth-order valence-corrected chi connectivity index (χ4v) is 3.63. The summed E-state index contributed by atoms with van der Waals surface area (Å²) in [6, 6.07) is 13.6. The molecule has 0 aromatic heterocycles. The minimum Gasteiger partial charge on any atom is -0.454 e. The number of aliphatic hydroxyl groups is 1. The smallest absolute Gasteiger partial charge is 0.238 e. The Labute approximate surface area is 164 Å². The van der Waals surface area contributed by atoms with Gasteiger partial charge in [-0.1, -0.05) is 18.2 Å². The fourth-order valence-electron chi connectivity index (χ4n) is 3.63. The number of fused-ring (bicyclic) bond motifs is 1. The lowest BCUT2D eigenvalue weighted by Crippen LogP contribution is -2.42. The van der Waals surface area contributed by atoms with Gasteiger partial charge in [0.1, 0.15) is 0 Å². The van der Waals surface area contributed by atoms with Crippen molar-refractivity contribution in [3.63, 3.8) is 0 Å². The monoisotopic (exact) mass is 383 g/mol. The van der Waals surface area contributed by atoms with E-state index in [9.17, 15) is 9.90 Å². The molecule has 0 atom stereocenters. The number of para-hydroxylation sites is 1. The summed E-state index contributed by atoms with van der Waals surface area (Å²) < 4.78 is 10.6. The minimum atomic E-state index is -0.0316. The molecule has 2 aliphatic rings. The van der Waals surface area contributed by atoms with E-state index in [1.54, 1.807) is 12.1 Å². The van der Waals surface area contributed by atoms with Crippen LogP contribution in [0.3, 0.4) is 0 Å². The molecule has 2 aromatic carbocycles. The lowest BCUT2D eigenvalue weighted by atomic mass is 10.0. The quantitative estimate of drug-likeness (QED) is 0.711. The van der Waals surface area contributed by atoms with Crippen LogP contribution in [0.5, 0.6) is 11.5 Å². The molecule has 1 fully saturated rings. The summed E-state index contributed by atoms with van der Waals surface area (Å²) in [4.78, 5) is 14.5. The number of piperidine rings is 1. The highest BCUT2D eigenvalue weighted by Crippen LogP contribution is 2.34. The van der Waals surface area contributed by atoms with Crippen molar-refractivity contribution in [1.29, 1.82) is 0 Å². The molecule has 2 heterocycles. The van der Waals surface area contributed by atoms with Crippen molar-refractivity contribution in [3.05, 3.63) is 48.0 Å². The van der Waals surface area contributed by atoms with Gasteiger partial charge in [-0.2, -0.15) is 0 Å². The fraction of sp³-hybridized carbons (Fsp3) is 0.381. The van der Waals surface area contributed by atoms with E-state index in [4.69, 9.17) is 9.47 Å². The number of nitrogens with zero attached hydrogens (tertiary/aromatic N) is 1. The molecule has 0 saturated carbocycles. The van der Waals surface area contributed by atoms with Crippen molar-refractivity contribution in [2.75, 3.05) is 37.1 Å². The first kappa shape index (κ1) is 18.6. The van der Waals surface area contributed by atoms with Gasteiger partial charge in [-0.15, -0.1) is 0 Å². The standard InChI is InChI=1S/C21H25N3O4/c25-13-15-3-1-2-4-18(15)22-16-7-9-24(10-8-16)12-21(26)23-17-5-6-19-20(11-17)28-14-27-19/h1-6,11,16,22,25H,7-10,12-14H2,(H,23,26). The molecule has 0 unspecified atom stereocenters. The van der Waals surface area contributed by atoms with Gasteiger partial charge < -0.3 is 25.2 Å². The number of hydrogen-bond acceptors (Lipinski definition) is 6. The first-order valence-corrected chi connectivity index (χ1v) is 9.58. The van der Waals surface area contributed by atoms with Crippen LogP contribution in [0.15, 0.2) is 42.5 Å². The third kappa shape index (κ3) is 4.37. The lowest BCUT2D eigenvalue weighted by Gasteiger charge is -2.32. The van der Waals surface area contributed by atoms with Crippen molar-refractivity contribution in [3.8, 4) is 11.5 Å². The maximum Gasteiger partial charge on any atom is 0.238 e. The van der Waals surface area contributed by atoms with Crippen LogP contribution in [0.25, 0.3) is 0 Å². The van der Waals surface area contributed by atoms with E-state index in [0.29, 0.717) is 29.8 Å². The summed E-state index contributed by atoms with van der Waals surface area (Å²) in [5.41, 5.74) is 2.61. The van der Waals surface area contributed by atoms with Crippen molar-refractivity contribution in [2.45, 2.75) is 25.5 Å². The van der Waals surface area contributed by atoms with Crippen molar-refractivity contribution in [1.82, 2.24) is 4.90 Å². The van der Waals surface area contributed by atoms with E-state index in [0.717, 1.165) is 37.2 Å². The number of likely N-dealkylation sites (tertiary alicyclic amines) is 1. The number of hydrogen-bond donors (Lipinski definition) is 3. The van der Waals surface area contributed by atoms with Crippen LogP contribution < -0.4 is 20.1 Å². The molecular formula is C21H25N3O4. The number of rotatable bonds is 6. The van der Waals surface area contributed by atoms with Crippen LogP contribution in [-0.2, 0) is 11.4 Å². The largest absolute Gasteiger partial charge is 0.454 e. The number of aliphatic hydroxyl groups excluding tert-OH is 1. The molecule has 4 rings (SSSR count). The molecule has 0 bridgehead atoms. The number of amides is 1. The number of benzene rings is 2. The Balaban J connectivity index is 1.24. The van der Waals surface area contributed by atoms with Crippen molar-refractivity contribution >= 4 is 17.3 Å². The van der Waals surface area contributed by atoms with Gasteiger partial charge >= 0.3 is 0 Å². The molecule has 7 nitrogen and oxygen atoms in total. The lowest BCUT2D eigenvalue weighted by molar-refractivity contribution is -0.117. The van der Waals surface area contributed by atoms with Crippen LogP contribution in [0.1, 0.15) is 18.4 Å². The zero-order valence-electron chi connectivity index (χ0n) is 15.7. The Morgan fingerprint density at radius 1 is 1.11 bits per heavy atom. The summed E-state index contributed by atoms with van der Waals surface area (Å²) in [6.07, 6.45) is 1.91. The second kappa shape index (κ2) is 8.50.